The molecular weight excluding hydrogens is 316 g/mol. The lowest BCUT2D eigenvalue weighted by Crippen LogP contribution is -2.38. The zero-order chi connectivity index (χ0) is 16.1. The molecule has 1 aromatic heterocycles. The summed E-state index contributed by atoms with van der Waals surface area (Å²) in [5.41, 5.74) is 12.4. The monoisotopic (exact) mass is 332 g/mol. The normalized spacial score (nSPS) is 24.0. The van der Waals surface area contributed by atoms with Crippen LogP contribution in [0, 0.1) is 0 Å². The minimum atomic E-state index is -4.81. The molecule has 1 aromatic rings. The first-order valence-corrected chi connectivity index (χ1v) is 7.96. The highest BCUT2D eigenvalue weighted by molar-refractivity contribution is 7.80. The van der Waals surface area contributed by atoms with Crippen LogP contribution in [0.3, 0.4) is 0 Å². The van der Waals surface area contributed by atoms with Crippen LogP contribution in [-0.2, 0) is 21.2 Å². The van der Waals surface area contributed by atoms with Crippen molar-refractivity contribution in [3.63, 3.8) is 0 Å². The Morgan fingerprint density at radius 2 is 2.18 bits per heavy atom. The van der Waals surface area contributed by atoms with E-state index in [-0.39, 0.29) is 13.1 Å². The lowest BCUT2D eigenvalue weighted by atomic mass is 9.98. The fourth-order valence-electron chi connectivity index (χ4n) is 2.87. The molecule has 22 heavy (non-hydrogen) atoms. The van der Waals surface area contributed by atoms with Crippen LogP contribution in [-0.4, -0.2) is 58.4 Å². The van der Waals surface area contributed by atoms with E-state index in [0.717, 1.165) is 0 Å². The van der Waals surface area contributed by atoms with Gasteiger partial charge in [-0.15, -0.1) is 4.28 Å². The molecule has 5 N–H and O–H groups in total. The van der Waals surface area contributed by atoms with E-state index < -0.39 is 28.5 Å². The van der Waals surface area contributed by atoms with Crippen LogP contribution >= 0.6 is 0 Å². The minimum absolute atomic E-state index is 0.130. The molecule has 0 aromatic carbocycles. The fraction of sp³-hybridized carbons (Fsp3) is 0.600. The number of urea groups is 1. The molecule has 1 saturated heterocycles. The van der Waals surface area contributed by atoms with Crippen molar-refractivity contribution in [2.24, 2.45) is 11.5 Å². The topological polar surface area (TPSA) is 157 Å². The van der Waals surface area contributed by atoms with Crippen LogP contribution in [0.2, 0.25) is 0 Å². The third kappa shape index (κ3) is 2.34. The van der Waals surface area contributed by atoms with Crippen molar-refractivity contribution in [1.82, 2.24) is 19.7 Å². The molecule has 0 radical (unpaired) electrons. The second kappa shape index (κ2) is 5.17. The number of amides is 2. The maximum absolute atomic E-state index is 12.3. The van der Waals surface area contributed by atoms with Crippen LogP contribution in [0.15, 0.2) is 6.20 Å². The van der Waals surface area contributed by atoms with Gasteiger partial charge < -0.3 is 16.4 Å². The lowest BCUT2D eigenvalue weighted by molar-refractivity contribution is -0.0317. The summed E-state index contributed by atoms with van der Waals surface area (Å²) in [5.74, 6) is 0. The van der Waals surface area contributed by atoms with E-state index in [4.69, 9.17) is 16.0 Å². The van der Waals surface area contributed by atoms with Crippen molar-refractivity contribution in [2.45, 2.75) is 18.6 Å². The van der Waals surface area contributed by atoms with Crippen molar-refractivity contribution in [2.75, 3.05) is 19.6 Å². The first-order valence-electron chi connectivity index (χ1n) is 6.60. The van der Waals surface area contributed by atoms with Gasteiger partial charge in [0.25, 0.3) is 0 Å². The first-order chi connectivity index (χ1) is 10.4. The Bertz CT molecular complexity index is 703. The van der Waals surface area contributed by atoms with Gasteiger partial charge in [-0.25, -0.2) is 4.79 Å². The molecule has 3 rings (SSSR count). The summed E-state index contributed by atoms with van der Waals surface area (Å²) in [7, 11) is -4.81. The Hall–Kier alpha value is -1.73. The molecule has 3 heterocycles. The van der Waals surface area contributed by atoms with Gasteiger partial charge in [0, 0.05) is 24.8 Å². The number of carbonyl (C=O) groups is 1. The van der Waals surface area contributed by atoms with E-state index in [2.05, 4.69) is 9.38 Å². The maximum Gasteiger partial charge on any atom is 0.418 e. The van der Waals surface area contributed by atoms with Crippen molar-refractivity contribution in [3.8, 4) is 0 Å². The summed E-state index contributed by atoms with van der Waals surface area (Å²) in [5, 5.41) is 5.00. The number of carbonyl (C=O) groups excluding carboxylic acids is 1. The molecule has 0 saturated carbocycles. The van der Waals surface area contributed by atoms with Crippen LogP contribution in [0.1, 0.15) is 23.3 Å². The molecular formula is C10H16N6O5S. The zero-order valence-corrected chi connectivity index (χ0v) is 12.3. The average molecular weight is 332 g/mol. The van der Waals surface area contributed by atoms with Crippen LogP contribution in [0.4, 0.5) is 4.79 Å². The van der Waals surface area contributed by atoms with Gasteiger partial charge in [-0.3, -0.25) is 9.23 Å². The Balaban J connectivity index is 2.03. The van der Waals surface area contributed by atoms with Crippen molar-refractivity contribution >= 4 is 16.4 Å². The molecule has 2 unspecified atom stereocenters. The number of hydrogen-bond donors (Lipinski definition) is 3. The van der Waals surface area contributed by atoms with Crippen LogP contribution in [0.5, 0.6) is 0 Å². The Morgan fingerprint density at radius 3 is 2.77 bits per heavy atom. The second-order valence-corrected chi connectivity index (χ2v) is 6.06. The molecule has 0 aliphatic carbocycles. The van der Waals surface area contributed by atoms with Gasteiger partial charge in [-0.1, -0.05) is 0 Å². The van der Waals surface area contributed by atoms with Crippen molar-refractivity contribution in [3.05, 3.63) is 17.5 Å². The predicted molar refractivity (Wildman–Crippen MR) is 72.4 cm³/mol. The van der Waals surface area contributed by atoms with E-state index in [9.17, 15) is 13.2 Å². The van der Waals surface area contributed by atoms with Gasteiger partial charge in [-0.2, -0.15) is 18.6 Å². The van der Waals surface area contributed by atoms with Crippen LogP contribution in [0.25, 0.3) is 0 Å². The van der Waals surface area contributed by atoms with Crippen LogP contribution < -0.4 is 11.5 Å². The molecule has 1 fully saturated rings. The molecule has 2 aliphatic heterocycles. The number of fused-ring (bicyclic) bond motifs is 4. The van der Waals surface area contributed by atoms with Gasteiger partial charge in [0.1, 0.15) is 6.04 Å². The van der Waals surface area contributed by atoms with E-state index in [1.807, 2.05) is 0 Å². The predicted octanol–water partition coefficient (Wildman–Crippen LogP) is -1.63. The Labute approximate surface area is 126 Å². The summed E-state index contributed by atoms with van der Waals surface area (Å²) in [6, 6.07) is -1.84. The highest BCUT2D eigenvalue weighted by atomic mass is 32.3. The number of nitrogens with two attached hydrogens (primary N) is 2. The number of nitrogens with zero attached hydrogens (tertiary/aromatic N) is 4. The van der Waals surface area contributed by atoms with E-state index in [1.165, 1.54) is 4.90 Å². The number of hydrogen-bond acceptors (Lipinski definition) is 7. The van der Waals surface area contributed by atoms with Gasteiger partial charge in [-0.05, 0) is 0 Å². The van der Waals surface area contributed by atoms with Gasteiger partial charge in [0.2, 0.25) is 0 Å². The summed E-state index contributed by atoms with van der Waals surface area (Å²) in [6.07, 6.45) is 1.69. The molecule has 122 valence electrons. The Morgan fingerprint density at radius 1 is 1.45 bits per heavy atom. The largest absolute Gasteiger partial charge is 0.418 e. The summed E-state index contributed by atoms with van der Waals surface area (Å²) < 4.78 is 36.8. The minimum Gasteiger partial charge on any atom is -0.329 e. The molecule has 2 atom stereocenters. The summed E-state index contributed by atoms with van der Waals surface area (Å²) >= 11 is 0. The van der Waals surface area contributed by atoms with Gasteiger partial charge >= 0.3 is 16.4 Å². The first kappa shape index (κ1) is 15.2. The smallest absolute Gasteiger partial charge is 0.329 e. The third-order valence-corrected chi connectivity index (χ3v) is 4.06. The number of aromatic nitrogens is 2. The molecule has 11 nitrogen and oxygen atoms in total. The molecule has 0 spiro atoms. The molecule has 2 aliphatic rings. The number of hydroxylamine groups is 2. The van der Waals surface area contributed by atoms with E-state index in [0.29, 0.717) is 29.4 Å². The fourth-order valence-corrected chi connectivity index (χ4v) is 3.24. The number of rotatable bonds is 5. The Kier molecular flexibility index (Phi) is 3.57. The van der Waals surface area contributed by atoms with Gasteiger partial charge in [0.05, 0.1) is 24.8 Å². The summed E-state index contributed by atoms with van der Waals surface area (Å²) in [4.78, 5) is 13.6. The zero-order valence-electron chi connectivity index (χ0n) is 11.5. The molecule has 2 amide bonds. The highest BCUT2D eigenvalue weighted by Crippen LogP contribution is 2.43. The van der Waals surface area contributed by atoms with Gasteiger partial charge in [0.15, 0.2) is 0 Å². The maximum atomic E-state index is 12.3. The second-order valence-electron chi connectivity index (χ2n) is 5.05. The molecule has 2 bridgehead atoms. The third-order valence-electron chi connectivity index (χ3n) is 3.71. The summed E-state index contributed by atoms with van der Waals surface area (Å²) in [6.45, 7) is 1.19. The highest BCUT2D eigenvalue weighted by Gasteiger charge is 2.51. The van der Waals surface area contributed by atoms with E-state index in [1.54, 1.807) is 10.9 Å². The van der Waals surface area contributed by atoms with Crippen molar-refractivity contribution < 1.29 is 22.0 Å². The quantitative estimate of drug-likeness (QED) is 0.542. The lowest BCUT2D eigenvalue weighted by Gasteiger charge is -2.28. The van der Waals surface area contributed by atoms with E-state index >= 15 is 0 Å². The van der Waals surface area contributed by atoms with Crippen molar-refractivity contribution in [1.29, 1.82) is 0 Å². The average Bonchev–Trinajstić information content (AvgIpc) is 2.95. The molecule has 12 heteroatoms. The SMILES string of the molecule is NCCn1cc2c(n1)C(CN)N1CC2N(OS(=O)(=O)O)C1=O. The standard InChI is InChI=1S/C10H16N6O5S/c11-1-2-14-4-6-8-5-15(7(3-12)9(6)13-14)10(17)16(8)21-22(18,19)20/h4,7-8H,1-3,5,11-12H2,(H,18,19,20).